The number of carbonyl (C=O) groups is 2. The maximum absolute atomic E-state index is 12.8. The second kappa shape index (κ2) is 9.29. The fourth-order valence-corrected chi connectivity index (χ4v) is 4.25. The van der Waals surface area contributed by atoms with Crippen molar-refractivity contribution in [3.05, 3.63) is 29.8 Å². The predicted octanol–water partition coefficient (Wildman–Crippen LogP) is 0.267. The number of carbonyl (C=O) groups excluding carboxylic acids is 2. The van der Waals surface area contributed by atoms with Crippen molar-refractivity contribution in [2.24, 2.45) is 0 Å². The molecule has 1 aliphatic rings. The number of hydrogen-bond acceptors (Lipinski definition) is 5. The summed E-state index contributed by atoms with van der Waals surface area (Å²) in [5.41, 5.74) is 0.411. The van der Waals surface area contributed by atoms with Crippen LogP contribution in [0.3, 0.4) is 0 Å². The van der Waals surface area contributed by atoms with Crippen LogP contribution in [0.1, 0.15) is 30.6 Å². The Hall–Kier alpha value is -1.97. The zero-order chi connectivity index (χ0) is 20.0. The minimum Gasteiger partial charge on any atom is -0.355 e. The highest BCUT2D eigenvalue weighted by Crippen LogP contribution is 2.18. The van der Waals surface area contributed by atoms with E-state index in [1.54, 1.807) is 0 Å². The van der Waals surface area contributed by atoms with Crippen LogP contribution >= 0.6 is 0 Å². The van der Waals surface area contributed by atoms with E-state index in [4.69, 9.17) is 0 Å². The van der Waals surface area contributed by atoms with E-state index in [0.29, 0.717) is 31.7 Å². The predicted molar refractivity (Wildman–Crippen MR) is 103 cm³/mol. The molecule has 1 aliphatic heterocycles. The van der Waals surface area contributed by atoms with Gasteiger partial charge in [-0.1, -0.05) is 6.92 Å². The number of nitrogens with one attached hydrogen (secondary N) is 2. The molecule has 0 unspecified atom stereocenters. The molecule has 2 N–H and O–H groups in total. The first-order valence-electron chi connectivity index (χ1n) is 9.12. The highest BCUT2D eigenvalue weighted by atomic mass is 32.2. The summed E-state index contributed by atoms with van der Waals surface area (Å²) in [7, 11) is -2.09. The van der Waals surface area contributed by atoms with E-state index >= 15 is 0 Å². The summed E-state index contributed by atoms with van der Waals surface area (Å²) in [5.74, 6) is -0.298. The Balaban J connectivity index is 1.94. The van der Waals surface area contributed by atoms with E-state index in [2.05, 4.69) is 10.6 Å². The number of rotatable bonds is 7. The zero-order valence-corrected chi connectivity index (χ0v) is 16.9. The molecule has 1 heterocycles. The molecule has 1 aromatic rings. The largest absolute Gasteiger partial charge is 0.355 e. The van der Waals surface area contributed by atoms with Gasteiger partial charge in [0.25, 0.3) is 5.91 Å². The summed E-state index contributed by atoms with van der Waals surface area (Å²) in [6.45, 7) is 5.91. The normalized spacial score (nSPS) is 17.3. The fraction of sp³-hybridized carbons (Fsp3) is 0.556. The van der Waals surface area contributed by atoms with Gasteiger partial charge in [-0.25, -0.2) is 8.42 Å². The summed E-state index contributed by atoms with van der Waals surface area (Å²) in [6.07, 6.45) is 0.871. The van der Waals surface area contributed by atoms with E-state index < -0.39 is 10.0 Å². The average Bonchev–Trinajstić information content (AvgIpc) is 2.67. The van der Waals surface area contributed by atoms with Crippen molar-refractivity contribution in [1.29, 1.82) is 0 Å². The van der Waals surface area contributed by atoms with Crippen molar-refractivity contribution in [3.8, 4) is 0 Å². The van der Waals surface area contributed by atoms with Crippen LogP contribution in [0, 0.1) is 0 Å². The topological polar surface area (TPSA) is 98.8 Å². The Morgan fingerprint density at radius 2 is 1.70 bits per heavy atom. The molecule has 2 rings (SSSR count). The number of hydrogen-bond donors (Lipinski definition) is 2. The molecule has 0 saturated carbocycles. The monoisotopic (exact) mass is 396 g/mol. The molecule has 9 heteroatoms. The third-order valence-electron chi connectivity index (χ3n) is 4.70. The van der Waals surface area contributed by atoms with Gasteiger partial charge in [0.15, 0.2) is 0 Å². The molecule has 27 heavy (non-hydrogen) atoms. The zero-order valence-electron chi connectivity index (χ0n) is 16.1. The Labute approximate surface area is 161 Å². The summed E-state index contributed by atoms with van der Waals surface area (Å²) in [5, 5.41) is 5.42. The maximum atomic E-state index is 12.8. The lowest BCUT2D eigenvalue weighted by Crippen LogP contribution is -2.51. The molecule has 0 bridgehead atoms. The highest BCUT2D eigenvalue weighted by Gasteiger charge is 2.29. The minimum atomic E-state index is -3.61. The third-order valence-corrected chi connectivity index (χ3v) is 6.61. The summed E-state index contributed by atoms with van der Waals surface area (Å²) >= 11 is 0. The lowest BCUT2D eigenvalue weighted by molar-refractivity contribution is -0.123. The van der Waals surface area contributed by atoms with Crippen LogP contribution in [0.4, 0.5) is 0 Å². The van der Waals surface area contributed by atoms with Gasteiger partial charge < -0.3 is 10.6 Å². The van der Waals surface area contributed by atoms with Crippen molar-refractivity contribution in [2.75, 3.05) is 39.8 Å². The van der Waals surface area contributed by atoms with Crippen molar-refractivity contribution in [3.63, 3.8) is 0 Å². The second-order valence-electron chi connectivity index (χ2n) is 6.66. The molecule has 0 radical (unpaired) electrons. The number of piperazine rings is 1. The first kappa shape index (κ1) is 21.3. The van der Waals surface area contributed by atoms with Crippen molar-refractivity contribution in [2.45, 2.75) is 31.2 Å². The molecule has 1 atom stereocenters. The van der Waals surface area contributed by atoms with Gasteiger partial charge in [-0.15, -0.1) is 0 Å². The Morgan fingerprint density at radius 1 is 1.11 bits per heavy atom. The van der Waals surface area contributed by atoms with E-state index in [1.807, 2.05) is 18.7 Å². The average molecular weight is 397 g/mol. The quantitative estimate of drug-likeness (QED) is 0.689. The number of benzene rings is 1. The smallest absolute Gasteiger partial charge is 0.251 e. The first-order valence-corrected chi connectivity index (χ1v) is 10.6. The second-order valence-corrected chi connectivity index (χ2v) is 8.60. The van der Waals surface area contributed by atoms with E-state index in [1.165, 1.54) is 35.6 Å². The molecule has 1 fully saturated rings. The molecule has 0 spiro atoms. The number of sulfonamides is 1. The van der Waals surface area contributed by atoms with Crippen LogP contribution in [0.2, 0.25) is 0 Å². The van der Waals surface area contributed by atoms with Crippen LogP contribution in [-0.2, 0) is 14.8 Å². The van der Waals surface area contributed by atoms with E-state index in [9.17, 15) is 18.0 Å². The van der Waals surface area contributed by atoms with E-state index in [0.717, 1.165) is 6.42 Å². The molecular weight excluding hydrogens is 368 g/mol. The lowest BCUT2D eigenvalue weighted by Gasteiger charge is -2.33. The minimum absolute atomic E-state index is 0.0366. The van der Waals surface area contributed by atoms with Gasteiger partial charge in [0.1, 0.15) is 0 Å². The first-order chi connectivity index (χ1) is 12.8. The van der Waals surface area contributed by atoms with E-state index in [-0.39, 0.29) is 29.3 Å². The van der Waals surface area contributed by atoms with Crippen LogP contribution in [0.15, 0.2) is 29.2 Å². The van der Waals surface area contributed by atoms with Gasteiger partial charge in [-0.2, -0.15) is 4.31 Å². The number of amides is 2. The molecule has 0 aromatic heterocycles. The van der Waals surface area contributed by atoms with Crippen LogP contribution < -0.4 is 10.6 Å². The maximum Gasteiger partial charge on any atom is 0.251 e. The standard InChI is InChI=1S/C18H28N4O4S/c1-4-14(2)20-17(23)13-21-9-11-22(12-10-21)27(25,26)16-7-5-15(6-8-16)18(24)19-3/h5-8,14H,4,9-13H2,1-3H3,(H,19,24)(H,20,23)/t14-/m0/s1. The van der Waals surface area contributed by atoms with Gasteiger partial charge in [0, 0.05) is 44.8 Å². The molecule has 1 aromatic carbocycles. The third kappa shape index (κ3) is 5.50. The van der Waals surface area contributed by atoms with Crippen molar-refractivity contribution < 1.29 is 18.0 Å². The van der Waals surface area contributed by atoms with Crippen molar-refractivity contribution in [1.82, 2.24) is 19.8 Å². The molecular formula is C18H28N4O4S. The molecule has 1 saturated heterocycles. The van der Waals surface area contributed by atoms with Gasteiger partial charge in [0.2, 0.25) is 15.9 Å². The van der Waals surface area contributed by atoms with Crippen LogP contribution in [0.5, 0.6) is 0 Å². The Kier molecular flexibility index (Phi) is 7.34. The summed E-state index contributed by atoms with van der Waals surface area (Å²) < 4.78 is 27.0. The van der Waals surface area contributed by atoms with Crippen molar-refractivity contribution >= 4 is 21.8 Å². The molecule has 8 nitrogen and oxygen atoms in total. The van der Waals surface area contributed by atoms with Crippen LogP contribution in [-0.4, -0.2) is 75.3 Å². The SMILES string of the molecule is CC[C@H](C)NC(=O)CN1CCN(S(=O)(=O)c2ccc(C(=O)NC)cc2)CC1. The summed E-state index contributed by atoms with van der Waals surface area (Å²) in [4.78, 5) is 25.7. The molecule has 0 aliphatic carbocycles. The Bertz CT molecular complexity index is 756. The molecule has 2 amide bonds. The van der Waals surface area contributed by atoms with Crippen LogP contribution in [0.25, 0.3) is 0 Å². The van der Waals surface area contributed by atoms with Gasteiger partial charge >= 0.3 is 0 Å². The highest BCUT2D eigenvalue weighted by molar-refractivity contribution is 7.89. The van der Waals surface area contributed by atoms with Gasteiger partial charge in [0.05, 0.1) is 11.4 Å². The van der Waals surface area contributed by atoms with Gasteiger partial charge in [-0.3, -0.25) is 14.5 Å². The summed E-state index contributed by atoms with van der Waals surface area (Å²) in [6, 6.07) is 6.04. The van der Waals surface area contributed by atoms with Gasteiger partial charge in [-0.05, 0) is 37.6 Å². The number of nitrogens with zero attached hydrogens (tertiary/aromatic N) is 2. The fourth-order valence-electron chi connectivity index (χ4n) is 2.83. The Morgan fingerprint density at radius 3 is 2.22 bits per heavy atom. The molecule has 150 valence electrons. The lowest BCUT2D eigenvalue weighted by atomic mass is 10.2.